The molecule has 34 heavy (non-hydrogen) atoms. The highest BCUT2D eigenvalue weighted by Crippen LogP contribution is 2.13. The Morgan fingerprint density at radius 3 is 2.35 bits per heavy atom. The SMILES string of the molecule is CCCC[N+](CC)(CC)CC(=O)N[C@@H](Cc1ccc(F)c(F)c1)C(=O)NCc1ccc(N)nc1. The third-order valence-electron chi connectivity index (χ3n) is 6.20. The first-order valence-corrected chi connectivity index (χ1v) is 11.8. The zero-order valence-corrected chi connectivity index (χ0v) is 20.2. The first-order valence-electron chi connectivity index (χ1n) is 11.8. The Morgan fingerprint density at radius 1 is 1.06 bits per heavy atom. The number of hydrogen-bond acceptors (Lipinski definition) is 4. The Balaban J connectivity index is 2.15. The maximum Gasteiger partial charge on any atom is 0.275 e. The standard InChI is InChI=1S/C25H35F2N5O2/c1-4-7-12-32(5-2,6-3)17-24(33)31-22(14-18-8-10-20(26)21(27)13-18)25(34)30-16-19-9-11-23(28)29-15-19/h8-11,13,15,22H,4-7,12,14,16-17H2,1-3H3,(H3-,28,29,30,31,33,34)/p+1/t22-/m0/s1. The Hall–Kier alpha value is -3.07. The van der Waals surface area contributed by atoms with Crippen molar-refractivity contribution in [2.45, 2.75) is 52.6 Å². The molecule has 0 saturated carbocycles. The fraction of sp³-hybridized carbons (Fsp3) is 0.480. The van der Waals surface area contributed by atoms with Crippen LogP contribution in [-0.2, 0) is 22.6 Å². The van der Waals surface area contributed by atoms with Gasteiger partial charge in [0, 0.05) is 19.2 Å². The van der Waals surface area contributed by atoms with Crippen LogP contribution in [0.25, 0.3) is 0 Å². The van der Waals surface area contributed by atoms with Crippen LogP contribution in [0.1, 0.15) is 44.7 Å². The minimum atomic E-state index is -0.997. The molecule has 0 aliphatic carbocycles. The molecule has 7 nitrogen and oxygen atoms in total. The molecule has 0 radical (unpaired) electrons. The van der Waals surface area contributed by atoms with E-state index in [2.05, 4.69) is 36.4 Å². The predicted octanol–water partition coefficient (Wildman–Crippen LogP) is 2.94. The van der Waals surface area contributed by atoms with Gasteiger partial charge in [0.25, 0.3) is 5.91 Å². The van der Waals surface area contributed by atoms with E-state index in [1.165, 1.54) is 6.07 Å². The summed E-state index contributed by atoms with van der Waals surface area (Å²) >= 11 is 0. The van der Waals surface area contributed by atoms with Crippen LogP contribution in [0.5, 0.6) is 0 Å². The first-order chi connectivity index (χ1) is 16.2. The van der Waals surface area contributed by atoms with E-state index in [0.29, 0.717) is 15.9 Å². The third-order valence-corrected chi connectivity index (χ3v) is 6.20. The van der Waals surface area contributed by atoms with Gasteiger partial charge in [0.15, 0.2) is 18.2 Å². The molecular weight excluding hydrogens is 440 g/mol. The second-order valence-corrected chi connectivity index (χ2v) is 8.59. The van der Waals surface area contributed by atoms with Gasteiger partial charge in [-0.05, 0) is 49.6 Å². The van der Waals surface area contributed by atoms with E-state index in [9.17, 15) is 18.4 Å². The molecule has 2 aromatic rings. The van der Waals surface area contributed by atoms with E-state index < -0.39 is 23.6 Å². The maximum absolute atomic E-state index is 13.7. The summed E-state index contributed by atoms with van der Waals surface area (Å²) < 4.78 is 27.7. The number of nitrogens with two attached hydrogens (primary N) is 1. The van der Waals surface area contributed by atoms with Gasteiger partial charge >= 0.3 is 0 Å². The van der Waals surface area contributed by atoms with Crippen molar-refractivity contribution >= 4 is 17.6 Å². The van der Waals surface area contributed by atoms with Gasteiger partial charge in [0.05, 0.1) is 19.6 Å². The van der Waals surface area contributed by atoms with Crippen LogP contribution >= 0.6 is 0 Å². The number of unbranched alkanes of at least 4 members (excludes halogenated alkanes) is 1. The molecular formula is C25H36F2N5O2+. The predicted molar refractivity (Wildman–Crippen MR) is 128 cm³/mol. The van der Waals surface area contributed by atoms with Crippen LogP contribution in [0.15, 0.2) is 36.5 Å². The van der Waals surface area contributed by atoms with E-state index in [-0.39, 0.29) is 25.4 Å². The lowest BCUT2D eigenvalue weighted by Gasteiger charge is -2.36. The number of benzene rings is 1. The molecule has 9 heteroatoms. The monoisotopic (exact) mass is 476 g/mol. The Kier molecular flexibility index (Phi) is 10.4. The van der Waals surface area contributed by atoms with Gasteiger partial charge in [-0.2, -0.15) is 0 Å². The zero-order valence-electron chi connectivity index (χ0n) is 20.2. The minimum Gasteiger partial charge on any atom is -0.384 e. The van der Waals surface area contributed by atoms with Crippen LogP contribution in [0, 0.1) is 11.6 Å². The van der Waals surface area contributed by atoms with E-state index in [4.69, 9.17) is 5.73 Å². The molecule has 0 fully saturated rings. The molecule has 0 aliphatic heterocycles. The quantitative estimate of drug-likeness (QED) is 0.387. The summed E-state index contributed by atoms with van der Waals surface area (Å²) in [7, 11) is 0. The van der Waals surface area contributed by atoms with Crippen LogP contribution in [0.3, 0.4) is 0 Å². The minimum absolute atomic E-state index is 0.0297. The number of nitrogens with zero attached hydrogens (tertiary/aromatic N) is 2. The lowest BCUT2D eigenvalue weighted by molar-refractivity contribution is -0.917. The van der Waals surface area contributed by atoms with Crippen molar-refractivity contribution < 1.29 is 22.9 Å². The molecule has 0 spiro atoms. The van der Waals surface area contributed by atoms with E-state index in [1.54, 1.807) is 18.3 Å². The van der Waals surface area contributed by atoms with Gasteiger partial charge in [-0.3, -0.25) is 9.59 Å². The summed E-state index contributed by atoms with van der Waals surface area (Å²) in [4.78, 5) is 30.0. The largest absolute Gasteiger partial charge is 0.384 e. The van der Waals surface area contributed by atoms with Gasteiger partial charge in [0.2, 0.25) is 5.91 Å². The summed E-state index contributed by atoms with van der Waals surface area (Å²) in [5.74, 6) is -2.27. The average Bonchev–Trinajstić information content (AvgIpc) is 2.83. The van der Waals surface area contributed by atoms with Crippen LogP contribution in [-0.4, -0.2) is 53.5 Å². The number of quaternary nitrogens is 1. The average molecular weight is 477 g/mol. The van der Waals surface area contributed by atoms with E-state index >= 15 is 0 Å². The number of likely N-dealkylation sites (N-methyl/N-ethyl adjacent to an activating group) is 1. The highest BCUT2D eigenvalue weighted by Gasteiger charge is 2.29. The Morgan fingerprint density at radius 2 is 1.76 bits per heavy atom. The van der Waals surface area contributed by atoms with Gasteiger partial charge in [-0.15, -0.1) is 0 Å². The van der Waals surface area contributed by atoms with E-state index in [0.717, 1.165) is 50.2 Å². The Bertz CT molecular complexity index is 949. The summed E-state index contributed by atoms with van der Waals surface area (Å²) in [6.45, 7) is 9.13. The fourth-order valence-corrected chi connectivity index (χ4v) is 3.85. The second kappa shape index (κ2) is 13.0. The number of hydrogen-bond donors (Lipinski definition) is 3. The molecule has 1 heterocycles. The van der Waals surface area contributed by atoms with Crippen molar-refractivity contribution in [2.75, 3.05) is 31.9 Å². The van der Waals surface area contributed by atoms with Gasteiger partial charge in [0.1, 0.15) is 11.9 Å². The number of rotatable bonds is 13. The van der Waals surface area contributed by atoms with Crippen molar-refractivity contribution in [2.24, 2.45) is 0 Å². The van der Waals surface area contributed by atoms with Crippen LogP contribution in [0.2, 0.25) is 0 Å². The maximum atomic E-state index is 13.7. The van der Waals surface area contributed by atoms with Gasteiger partial charge in [-0.1, -0.05) is 25.5 Å². The molecule has 1 aromatic heterocycles. The molecule has 0 saturated heterocycles. The summed E-state index contributed by atoms with van der Waals surface area (Å²) in [5, 5.41) is 5.61. The van der Waals surface area contributed by atoms with Gasteiger partial charge in [-0.25, -0.2) is 13.8 Å². The summed E-state index contributed by atoms with van der Waals surface area (Å²) in [5.41, 5.74) is 6.75. The Labute approximate surface area is 200 Å². The van der Waals surface area contributed by atoms with Crippen molar-refractivity contribution in [3.63, 3.8) is 0 Å². The van der Waals surface area contributed by atoms with Crippen molar-refractivity contribution in [3.8, 4) is 0 Å². The molecule has 186 valence electrons. The third kappa shape index (κ3) is 8.06. The number of carbonyl (C=O) groups excluding carboxylic acids is 2. The molecule has 0 aliphatic rings. The number of nitrogens with one attached hydrogen (secondary N) is 2. The molecule has 1 atom stereocenters. The van der Waals surface area contributed by atoms with Crippen LogP contribution < -0.4 is 16.4 Å². The van der Waals surface area contributed by atoms with Crippen molar-refractivity contribution in [1.82, 2.24) is 15.6 Å². The highest BCUT2D eigenvalue weighted by molar-refractivity contribution is 5.88. The molecule has 0 bridgehead atoms. The second-order valence-electron chi connectivity index (χ2n) is 8.59. The number of nitrogen functional groups attached to an aromatic ring is 1. The van der Waals surface area contributed by atoms with Gasteiger partial charge < -0.3 is 20.9 Å². The molecule has 1 aromatic carbocycles. The number of amides is 2. The number of pyridine rings is 1. The zero-order chi connectivity index (χ0) is 25.1. The number of aromatic nitrogens is 1. The molecule has 4 N–H and O–H groups in total. The van der Waals surface area contributed by atoms with E-state index in [1.807, 2.05) is 0 Å². The smallest absolute Gasteiger partial charge is 0.275 e. The highest BCUT2D eigenvalue weighted by atomic mass is 19.2. The summed E-state index contributed by atoms with van der Waals surface area (Å²) in [6.07, 6.45) is 3.62. The first kappa shape index (κ1) is 27.2. The van der Waals surface area contributed by atoms with Crippen LogP contribution in [0.4, 0.5) is 14.6 Å². The number of halogens is 2. The normalized spacial score (nSPS) is 12.3. The molecule has 2 rings (SSSR count). The van der Waals surface area contributed by atoms with Crippen molar-refractivity contribution in [3.05, 3.63) is 59.3 Å². The molecule has 2 amide bonds. The lowest BCUT2D eigenvalue weighted by Crippen LogP contribution is -2.57. The van der Waals surface area contributed by atoms with Crippen molar-refractivity contribution in [1.29, 1.82) is 0 Å². The number of anilines is 1. The fourth-order valence-electron chi connectivity index (χ4n) is 3.85. The number of carbonyl (C=O) groups is 2. The summed E-state index contributed by atoms with van der Waals surface area (Å²) in [6, 6.07) is 5.90. The lowest BCUT2D eigenvalue weighted by atomic mass is 10.0. The molecule has 0 unspecified atom stereocenters. The topological polar surface area (TPSA) is 97.1 Å².